The molecule has 0 bridgehead atoms. The number of rotatable bonds is 4. The summed E-state index contributed by atoms with van der Waals surface area (Å²) in [4.78, 5) is 12.1. The molecule has 0 aromatic heterocycles. The lowest BCUT2D eigenvalue weighted by molar-refractivity contribution is -0.134. The maximum absolute atomic E-state index is 12.1. The number of ether oxygens (including phenoxy) is 1. The number of nitrogens with one attached hydrogen (secondary N) is 2. The molecule has 0 aliphatic carbocycles. The molecular formula is C18H20N2O2. The predicted molar refractivity (Wildman–Crippen MR) is 86.3 cm³/mol. The van der Waals surface area contributed by atoms with Gasteiger partial charge >= 0.3 is 0 Å². The van der Waals surface area contributed by atoms with Gasteiger partial charge in [0.2, 0.25) is 0 Å². The number of hydrogen-bond donors (Lipinski definition) is 2. The van der Waals surface area contributed by atoms with Crippen LogP contribution in [0.5, 0.6) is 0 Å². The Hall–Kier alpha value is -2.17. The predicted octanol–water partition coefficient (Wildman–Crippen LogP) is 1.96. The second-order valence-corrected chi connectivity index (χ2v) is 5.35. The van der Waals surface area contributed by atoms with Crippen LogP contribution in [0.3, 0.4) is 0 Å². The highest BCUT2D eigenvalue weighted by atomic mass is 16.5. The first-order chi connectivity index (χ1) is 10.8. The van der Waals surface area contributed by atoms with Crippen molar-refractivity contribution in [1.82, 2.24) is 10.6 Å². The van der Waals surface area contributed by atoms with Gasteiger partial charge in [0, 0.05) is 19.6 Å². The van der Waals surface area contributed by atoms with Crippen molar-refractivity contribution < 1.29 is 9.53 Å². The zero-order valence-corrected chi connectivity index (χ0v) is 12.4. The number of carbonyl (C=O) groups excluding carboxylic acids is 1. The van der Waals surface area contributed by atoms with Gasteiger partial charge in [0.15, 0.2) is 0 Å². The topological polar surface area (TPSA) is 50.4 Å². The zero-order chi connectivity index (χ0) is 15.2. The molecule has 4 nitrogen and oxygen atoms in total. The van der Waals surface area contributed by atoms with Crippen LogP contribution in [0, 0.1) is 0 Å². The first-order valence-electron chi connectivity index (χ1n) is 7.57. The summed E-state index contributed by atoms with van der Waals surface area (Å²) in [5, 5.41) is 6.10. The van der Waals surface area contributed by atoms with Crippen LogP contribution >= 0.6 is 0 Å². The number of benzene rings is 2. The molecule has 1 fully saturated rings. The second-order valence-electron chi connectivity index (χ2n) is 5.35. The van der Waals surface area contributed by atoms with E-state index in [0.29, 0.717) is 19.7 Å². The van der Waals surface area contributed by atoms with E-state index in [-0.39, 0.29) is 12.0 Å². The van der Waals surface area contributed by atoms with Crippen molar-refractivity contribution in [3.05, 3.63) is 60.2 Å². The first-order valence-corrected chi connectivity index (χ1v) is 7.57. The van der Waals surface area contributed by atoms with Gasteiger partial charge < -0.3 is 15.4 Å². The Labute approximate surface area is 130 Å². The average molecular weight is 296 g/mol. The number of hydrogen-bond acceptors (Lipinski definition) is 3. The van der Waals surface area contributed by atoms with Crippen LogP contribution < -0.4 is 10.6 Å². The van der Waals surface area contributed by atoms with E-state index in [9.17, 15) is 4.79 Å². The Morgan fingerprint density at radius 3 is 2.73 bits per heavy atom. The van der Waals surface area contributed by atoms with Crippen LogP contribution in [0.15, 0.2) is 54.6 Å². The molecular weight excluding hydrogens is 276 g/mol. The summed E-state index contributed by atoms with van der Waals surface area (Å²) in [7, 11) is 0. The summed E-state index contributed by atoms with van der Waals surface area (Å²) in [5.41, 5.74) is 3.41. The molecule has 22 heavy (non-hydrogen) atoms. The van der Waals surface area contributed by atoms with E-state index in [0.717, 1.165) is 17.7 Å². The molecule has 2 aromatic rings. The maximum atomic E-state index is 12.1. The molecule has 0 radical (unpaired) electrons. The van der Waals surface area contributed by atoms with Gasteiger partial charge in [0.05, 0.1) is 6.61 Å². The minimum absolute atomic E-state index is 0.0580. The molecule has 0 spiro atoms. The third-order valence-corrected chi connectivity index (χ3v) is 3.72. The van der Waals surface area contributed by atoms with Crippen molar-refractivity contribution >= 4 is 5.91 Å². The van der Waals surface area contributed by atoms with Crippen LogP contribution in [-0.4, -0.2) is 31.7 Å². The molecule has 1 atom stereocenters. The summed E-state index contributed by atoms with van der Waals surface area (Å²) in [6.07, 6.45) is -0.383. The molecule has 1 heterocycles. The average Bonchev–Trinajstić information content (AvgIpc) is 2.61. The zero-order valence-electron chi connectivity index (χ0n) is 12.4. The summed E-state index contributed by atoms with van der Waals surface area (Å²) in [5.74, 6) is -0.0580. The number of morpholine rings is 1. The quantitative estimate of drug-likeness (QED) is 0.907. The molecule has 3 rings (SSSR count). The molecule has 0 saturated carbocycles. The minimum atomic E-state index is -0.383. The summed E-state index contributed by atoms with van der Waals surface area (Å²) in [6.45, 7) is 2.49. The number of carbonyl (C=O) groups is 1. The highest BCUT2D eigenvalue weighted by molar-refractivity contribution is 5.81. The normalized spacial score (nSPS) is 17.9. The lowest BCUT2D eigenvalue weighted by Crippen LogP contribution is -2.47. The molecule has 1 aliphatic rings. The van der Waals surface area contributed by atoms with Crippen molar-refractivity contribution in [2.75, 3.05) is 19.7 Å². The van der Waals surface area contributed by atoms with E-state index in [1.807, 2.05) is 30.3 Å². The Bertz CT molecular complexity index is 622. The highest BCUT2D eigenvalue weighted by Crippen LogP contribution is 2.19. The van der Waals surface area contributed by atoms with Gasteiger partial charge in [-0.15, -0.1) is 0 Å². The lowest BCUT2D eigenvalue weighted by Gasteiger charge is -2.22. The standard InChI is InChI=1S/C18H20N2O2/c21-18(17-13-19-9-10-22-17)20-12-14-5-4-8-16(11-14)15-6-2-1-3-7-15/h1-8,11,17,19H,9-10,12-13H2,(H,20,21)/t17-/m0/s1. The van der Waals surface area contributed by atoms with Crippen molar-refractivity contribution in [3.63, 3.8) is 0 Å². The molecule has 114 valence electrons. The van der Waals surface area contributed by atoms with Crippen LogP contribution in [-0.2, 0) is 16.1 Å². The van der Waals surface area contributed by atoms with Crippen molar-refractivity contribution in [2.24, 2.45) is 0 Å². The third kappa shape index (κ3) is 3.72. The van der Waals surface area contributed by atoms with E-state index >= 15 is 0 Å². The van der Waals surface area contributed by atoms with Gasteiger partial charge in [0.25, 0.3) is 5.91 Å². The van der Waals surface area contributed by atoms with E-state index in [2.05, 4.69) is 34.9 Å². The largest absolute Gasteiger partial charge is 0.366 e. The Kier molecular flexibility index (Phi) is 4.83. The van der Waals surface area contributed by atoms with Gasteiger partial charge in [-0.1, -0.05) is 48.5 Å². The SMILES string of the molecule is O=C(NCc1cccc(-c2ccccc2)c1)[C@@H]1CNCCO1. The molecule has 2 aromatic carbocycles. The van der Waals surface area contributed by atoms with E-state index in [4.69, 9.17) is 4.74 Å². The molecule has 1 amide bonds. The monoisotopic (exact) mass is 296 g/mol. The van der Waals surface area contributed by atoms with Crippen LogP contribution in [0.25, 0.3) is 11.1 Å². The van der Waals surface area contributed by atoms with Crippen molar-refractivity contribution in [1.29, 1.82) is 0 Å². The van der Waals surface area contributed by atoms with Crippen molar-refractivity contribution in [3.8, 4) is 11.1 Å². The molecule has 2 N–H and O–H groups in total. The Balaban J connectivity index is 1.62. The molecule has 0 unspecified atom stereocenters. The van der Waals surface area contributed by atoms with Crippen LogP contribution in [0.4, 0.5) is 0 Å². The van der Waals surface area contributed by atoms with Crippen molar-refractivity contribution in [2.45, 2.75) is 12.6 Å². The van der Waals surface area contributed by atoms with Gasteiger partial charge in [-0.2, -0.15) is 0 Å². The summed E-state index contributed by atoms with van der Waals surface area (Å²) < 4.78 is 5.45. The second kappa shape index (κ2) is 7.20. The molecule has 1 aliphatic heterocycles. The Morgan fingerprint density at radius 1 is 1.14 bits per heavy atom. The molecule has 4 heteroatoms. The first kappa shape index (κ1) is 14.8. The van der Waals surface area contributed by atoms with E-state index < -0.39 is 0 Å². The minimum Gasteiger partial charge on any atom is -0.366 e. The fourth-order valence-electron chi connectivity index (χ4n) is 2.53. The van der Waals surface area contributed by atoms with E-state index in [1.54, 1.807) is 0 Å². The van der Waals surface area contributed by atoms with Gasteiger partial charge in [-0.25, -0.2) is 0 Å². The van der Waals surface area contributed by atoms with Gasteiger partial charge in [-0.05, 0) is 22.8 Å². The summed E-state index contributed by atoms with van der Waals surface area (Å²) in [6, 6.07) is 18.4. The van der Waals surface area contributed by atoms with Gasteiger partial charge in [-0.3, -0.25) is 4.79 Å². The summed E-state index contributed by atoms with van der Waals surface area (Å²) >= 11 is 0. The van der Waals surface area contributed by atoms with Crippen LogP contribution in [0.1, 0.15) is 5.56 Å². The number of amides is 1. The Morgan fingerprint density at radius 2 is 1.95 bits per heavy atom. The fourth-order valence-corrected chi connectivity index (χ4v) is 2.53. The van der Waals surface area contributed by atoms with Gasteiger partial charge in [0.1, 0.15) is 6.10 Å². The molecule has 1 saturated heterocycles. The third-order valence-electron chi connectivity index (χ3n) is 3.72. The fraction of sp³-hybridized carbons (Fsp3) is 0.278. The van der Waals surface area contributed by atoms with Crippen LogP contribution in [0.2, 0.25) is 0 Å². The van der Waals surface area contributed by atoms with E-state index in [1.165, 1.54) is 5.56 Å². The lowest BCUT2D eigenvalue weighted by atomic mass is 10.0. The smallest absolute Gasteiger partial charge is 0.250 e. The highest BCUT2D eigenvalue weighted by Gasteiger charge is 2.21. The maximum Gasteiger partial charge on any atom is 0.250 e.